The van der Waals surface area contributed by atoms with Crippen molar-refractivity contribution in [3.63, 3.8) is 0 Å². The summed E-state index contributed by atoms with van der Waals surface area (Å²) in [4.78, 5) is 3.97. The zero-order valence-electron chi connectivity index (χ0n) is 6.04. The van der Waals surface area contributed by atoms with Gasteiger partial charge >= 0.3 is 0 Å². The third-order valence-corrected chi connectivity index (χ3v) is 1.38. The van der Waals surface area contributed by atoms with Gasteiger partial charge in [0.2, 0.25) is 0 Å². The summed E-state index contributed by atoms with van der Waals surface area (Å²) in [5.41, 5.74) is 5.44. The van der Waals surface area contributed by atoms with Crippen LogP contribution in [0.15, 0.2) is 17.6 Å². The van der Waals surface area contributed by atoms with Gasteiger partial charge < -0.3 is 5.73 Å². The van der Waals surface area contributed by atoms with Gasteiger partial charge in [0.25, 0.3) is 0 Å². The molecule has 60 valence electrons. The Bertz CT molecular complexity index is 114. The van der Waals surface area contributed by atoms with Crippen molar-refractivity contribution < 1.29 is 0 Å². The zero-order chi connectivity index (χ0) is 7.11. The maximum Gasteiger partial charge on any atom is 0.154 e. The highest BCUT2D eigenvalue weighted by Crippen LogP contribution is 1.96. The van der Waals surface area contributed by atoms with Crippen molar-refractivity contribution in [3.05, 3.63) is 12.7 Å². The van der Waals surface area contributed by atoms with Crippen LogP contribution in [0, 0.1) is 0 Å². The molecule has 0 aromatic heterocycles. The monoisotopic (exact) mass is 224 g/mol. The average molecular weight is 225 g/mol. The number of nitrogens with two attached hydrogens (primary N) is 1. The average Bonchev–Trinajstić information content (AvgIpc) is 1.85. The molecule has 0 atom stereocenters. The molecule has 0 aromatic carbocycles. The van der Waals surface area contributed by atoms with Gasteiger partial charge in [-0.1, -0.05) is 24.8 Å². The highest BCUT2D eigenvalue weighted by Gasteiger charge is 1.85. The topological polar surface area (TPSA) is 38.4 Å². The Morgan fingerprint density at radius 1 is 1.80 bits per heavy atom. The summed E-state index contributed by atoms with van der Waals surface area (Å²) in [5.74, 6) is 0.979. The van der Waals surface area contributed by atoms with Crippen LogP contribution in [-0.2, 0) is 0 Å². The molecule has 0 heterocycles. The lowest BCUT2D eigenvalue weighted by Gasteiger charge is -1.93. The van der Waals surface area contributed by atoms with Crippen molar-refractivity contribution in [3.8, 4) is 0 Å². The van der Waals surface area contributed by atoms with Gasteiger partial charge in [-0.2, -0.15) is 0 Å². The molecule has 0 radical (unpaired) electrons. The molecule has 4 heteroatoms. The predicted molar refractivity (Wildman–Crippen MR) is 55.1 cm³/mol. The molecule has 0 unspecified atom stereocenters. The van der Waals surface area contributed by atoms with Gasteiger partial charge in [-0.15, -0.1) is 23.6 Å². The summed E-state index contributed by atoms with van der Waals surface area (Å²) in [7, 11) is 0. The van der Waals surface area contributed by atoms with Crippen LogP contribution in [0.2, 0.25) is 0 Å². The highest BCUT2D eigenvalue weighted by atomic mass is 79.9. The molecule has 0 saturated carbocycles. The van der Waals surface area contributed by atoms with Crippen molar-refractivity contribution in [2.24, 2.45) is 10.7 Å². The molecule has 0 saturated heterocycles. The molecule has 0 aliphatic rings. The SMILES string of the molecule is Br.C=CCN=C(N)SCC. The Balaban J connectivity index is 0. The third-order valence-electron chi connectivity index (χ3n) is 0.668. The van der Waals surface area contributed by atoms with Gasteiger partial charge in [-0.3, -0.25) is 4.99 Å². The standard InChI is InChI=1S/C6H12N2S.BrH/c1-3-5-8-6(7)9-4-2;/h3H,1,4-5H2,2H3,(H2,7,8);1H. The number of thioether (sulfide) groups is 1. The summed E-state index contributed by atoms with van der Waals surface area (Å²) >= 11 is 1.55. The lowest BCUT2D eigenvalue weighted by Crippen LogP contribution is -2.06. The molecule has 0 spiro atoms. The smallest absolute Gasteiger partial charge is 0.154 e. The number of halogens is 1. The predicted octanol–water partition coefficient (Wildman–Crippen LogP) is 1.82. The van der Waals surface area contributed by atoms with E-state index in [4.69, 9.17) is 5.73 Å². The number of hydrogen-bond acceptors (Lipinski definition) is 2. The van der Waals surface area contributed by atoms with Crippen LogP contribution in [0.1, 0.15) is 6.92 Å². The number of rotatable bonds is 3. The van der Waals surface area contributed by atoms with Gasteiger partial charge in [0.05, 0.1) is 6.54 Å². The van der Waals surface area contributed by atoms with Crippen LogP contribution >= 0.6 is 28.7 Å². The normalized spacial score (nSPS) is 10.3. The van der Waals surface area contributed by atoms with Crippen molar-refractivity contribution in [2.45, 2.75) is 6.92 Å². The minimum Gasteiger partial charge on any atom is -0.379 e. The molecule has 0 bridgehead atoms. The Labute approximate surface area is 76.7 Å². The van der Waals surface area contributed by atoms with Gasteiger partial charge in [-0.05, 0) is 5.75 Å². The van der Waals surface area contributed by atoms with E-state index in [0.717, 1.165) is 5.75 Å². The fraction of sp³-hybridized carbons (Fsp3) is 0.500. The fourth-order valence-corrected chi connectivity index (χ4v) is 0.810. The maximum absolute atomic E-state index is 5.44. The second-order valence-corrected chi connectivity index (χ2v) is 2.68. The van der Waals surface area contributed by atoms with E-state index in [1.54, 1.807) is 17.8 Å². The van der Waals surface area contributed by atoms with E-state index >= 15 is 0 Å². The first-order chi connectivity index (χ1) is 4.31. The molecule has 2 nitrogen and oxygen atoms in total. The third kappa shape index (κ3) is 8.04. The molecule has 0 amide bonds. The summed E-state index contributed by atoms with van der Waals surface area (Å²) < 4.78 is 0. The number of nitrogens with zero attached hydrogens (tertiary/aromatic N) is 1. The van der Waals surface area contributed by atoms with Crippen LogP contribution in [0.25, 0.3) is 0 Å². The lowest BCUT2D eigenvalue weighted by atomic mass is 10.7. The first kappa shape index (κ1) is 12.7. The molecule has 0 aliphatic carbocycles. The van der Waals surface area contributed by atoms with E-state index < -0.39 is 0 Å². The summed E-state index contributed by atoms with van der Waals surface area (Å²) in [6.45, 7) is 6.19. The second-order valence-electron chi connectivity index (χ2n) is 1.40. The Morgan fingerprint density at radius 3 is 2.80 bits per heavy atom. The molecule has 0 rings (SSSR count). The maximum atomic E-state index is 5.44. The quantitative estimate of drug-likeness (QED) is 0.452. The lowest BCUT2D eigenvalue weighted by molar-refractivity contribution is 1.25. The molecule has 0 aromatic rings. The van der Waals surface area contributed by atoms with Crippen LogP contribution in [-0.4, -0.2) is 17.5 Å². The van der Waals surface area contributed by atoms with Gasteiger partial charge in [-0.25, -0.2) is 0 Å². The van der Waals surface area contributed by atoms with Gasteiger partial charge in [0.15, 0.2) is 5.17 Å². The molecule has 10 heavy (non-hydrogen) atoms. The molecule has 0 fully saturated rings. The van der Waals surface area contributed by atoms with E-state index in [1.807, 2.05) is 6.92 Å². The minimum absolute atomic E-state index is 0. The van der Waals surface area contributed by atoms with Crippen LogP contribution in [0.4, 0.5) is 0 Å². The summed E-state index contributed by atoms with van der Waals surface area (Å²) in [6.07, 6.45) is 1.73. The van der Waals surface area contributed by atoms with E-state index in [2.05, 4.69) is 11.6 Å². The van der Waals surface area contributed by atoms with E-state index in [1.165, 1.54) is 0 Å². The van der Waals surface area contributed by atoms with Gasteiger partial charge in [0, 0.05) is 0 Å². The van der Waals surface area contributed by atoms with Crippen LogP contribution in [0.5, 0.6) is 0 Å². The van der Waals surface area contributed by atoms with Crippen LogP contribution < -0.4 is 5.73 Å². The minimum atomic E-state index is 0. The van der Waals surface area contributed by atoms with Crippen molar-refractivity contribution in [1.29, 1.82) is 0 Å². The van der Waals surface area contributed by atoms with E-state index in [0.29, 0.717) is 11.7 Å². The number of aliphatic imine (C=N–C) groups is 1. The Kier molecular flexibility index (Phi) is 11.5. The Morgan fingerprint density at radius 2 is 2.40 bits per heavy atom. The van der Waals surface area contributed by atoms with E-state index in [-0.39, 0.29) is 17.0 Å². The van der Waals surface area contributed by atoms with Crippen molar-refractivity contribution >= 4 is 33.9 Å². The van der Waals surface area contributed by atoms with Gasteiger partial charge in [0.1, 0.15) is 0 Å². The molecule has 2 N–H and O–H groups in total. The van der Waals surface area contributed by atoms with Crippen molar-refractivity contribution in [1.82, 2.24) is 0 Å². The Hall–Kier alpha value is 0.0400. The summed E-state index contributed by atoms with van der Waals surface area (Å²) in [6, 6.07) is 0. The van der Waals surface area contributed by atoms with E-state index in [9.17, 15) is 0 Å². The van der Waals surface area contributed by atoms with Crippen LogP contribution in [0.3, 0.4) is 0 Å². The molecular weight excluding hydrogens is 212 g/mol. The highest BCUT2D eigenvalue weighted by molar-refractivity contribution is 8.93. The second kappa shape index (κ2) is 9.04. The first-order valence-electron chi connectivity index (χ1n) is 2.84. The number of hydrogen-bond donors (Lipinski definition) is 1. The van der Waals surface area contributed by atoms with Crippen molar-refractivity contribution in [2.75, 3.05) is 12.3 Å². The fourth-order valence-electron chi connectivity index (χ4n) is 0.348. The zero-order valence-corrected chi connectivity index (χ0v) is 8.57. The summed E-state index contributed by atoms with van der Waals surface area (Å²) in [5, 5.41) is 0.650. The first-order valence-corrected chi connectivity index (χ1v) is 3.83. The molecular formula is C6H13BrN2S. The molecule has 0 aliphatic heterocycles. The largest absolute Gasteiger partial charge is 0.379 e. The number of amidine groups is 1.